The molecule has 1 aliphatic rings. The molecule has 0 bridgehead atoms. The van der Waals surface area contributed by atoms with Crippen LogP contribution in [-0.2, 0) is 10.9 Å². The molecule has 3 N–H and O–H groups in total. The number of aromatic nitrogens is 2. The van der Waals surface area contributed by atoms with Gasteiger partial charge in [0.15, 0.2) is 11.5 Å². The van der Waals surface area contributed by atoms with Crippen LogP contribution in [-0.4, -0.2) is 36.9 Å². The van der Waals surface area contributed by atoms with Gasteiger partial charge in [-0.05, 0) is 62.4 Å². The van der Waals surface area contributed by atoms with E-state index < -0.39 is 17.8 Å². The van der Waals surface area contributed by atoms with Crippen molar-refractivity contribution in [3.8, 4) is 11.5 Å². The Morgan fingerprint density at radius 2 is 1.86 bits per heavy atom. The van der Waals surface area contributed by atoms with Crippen LogP contribution in [0.15, 0.2) is 30.3 Å². The third kappa shape index (κ3) is 6.25. The number of hydrogen-bond donors (Lipinski definition) is 2. The van der Waals surface area contributed by atoms with E-state index in [4.69, 9.17) is 19.9 Å². The molecule has 0 amide bonds. The Balaban J connectivity index is 1.59. The molecule has 1 atom stereocenters. The monoisotopic (exact) mass is 490 g/mol. The first-order valence-electron chi connectivity index (χ1n) is 11.4. The number of aryl methyl sites for hydroxylation is 1. The molecular weight excluding hydrogens is 461 g/mol. The minimum absolute atomic E-state index is 0.0385. The highest BCUT2D eigenvalue weighted by molar-refractivity contribution is 5.92. The van der Waals surface area contributed by atoms with Gasteiger partial charge in [-0.1, -0.05) is 0 Å². The fraction of sp³-hybridized carbons (Fsp3) is 0.440. The number of alkyl halides is 3. The van der Waals surface area contributed by atoms with Crippen molar-refractivity contribution >= 4 is 22.4 Å². The summed E-state index contributed by atoms with van der Waals surface area (Å²) >= 11 is 0. The molecule has 0 radical (unpaired) electrons. The van der Waals surface area contributed by atoms with Crippen molar-refractivity contribution < 1.29 is 27.4 Å². The lowest BCUT2D eigenvalue weighted by Crippen LogP contribution is -2.13. The van der Waals surface area contributed by atoms with Gasteiger partial charge in [0.05, 0.1) is 30.8 Å². The standard InChI is InChI=1S/C25H29F3N4O3/c1-14(17-8-18(25(26,27)28)10-19(29)9-17)30-24-20-11-23(35-7-6-34-13-16-4-5-16)22(33-3)12-21(20)31-15(2)32-24/h8-12,14,16H,4-7,13,29H2,1-3H3,(H,30,31,32). The van der Waals surface area contributed by atoms with Crippen LogP contribution in [0.2, 0.25) is 0 Å². The van der Waals surface area contributed by atoms with Crippen LogP contribution in [0.3, 0.4) is 0 Å². The van der Waals surface area contributed by atoms with Gasteiger partial charge < -0.3 is 25.3 Å². The molecule has 0 saturated heterocycles. The van der Waals surface area contributed by atoms with E-state index in [-0.39, 0.29) is 5.69 Å². The van der Waals surface area contributed by atoms with Crippen LogP contribution in [0.25, 0.3) is 10.9 Å². The summed E-state index contributed by atoms with van der Waals surface area (Å²) in [6, 6.07) is 6.53. The van der Waals surface area contributed by atoms with E-state index in [1.54, 1.807) is 33.1 Å². The van der Waals surface area contributed by atoms with Crippen LogP contribution in [0.4, 0.5) is 24.7 Å². The van der Waals surface area contributed by atoms with E-state index in [9.17, 15) is 13.2 Å². The molecule has 188 valence electrons. The maximum Gasteiger partial charge on any atom is 0.416 e. The Morgan fingerprint density at radius 1 is 1.09 bits per heavy atom. The van der Waals surface area contributed by atoms with Gasteiger partial charge >= 0.3 is 6.18 Å². The third-order valence-electron chi connectivity index (χ3n) is 5.79. The number of halogens is 3. The Bertz CT molecular complexity index is 1200. The van der Waals surface area contributed by atoms with Gasteiger partial charge in [0.25, 0.3) is 0 Å². The van der Waals surface area contributed by atoms with Crippen molar-refractivity contribution in [1.29, 1.82) is 0 Å². The van der Waals surface area contributed by atoms with Crippen molar-refractivity contribution in [3.05, 3.63) is 47.3 Å². The Morgan fingerprint density at radius 3 is 2.54 bits per heavy atom. The predicted octanol–water partition coefficient (Wildman–Crippen LogP) is 5.53. The molecule has 1 heterocycles. The lowest BCUT2D eigenvalue weighted by atomic mass is 10.0. The molecule has 1 aliphatic carbocycles. The first kappa shape index (κ1) is 24.8. The molecule has 1 aromatic heterocycles. The number of methoxy groups -OCH3 is 1. The quantitative estimate of drug-likeness (QED) is 0.285. The van der Waals surface area contributed by atoms with Crippen molar-refractivity contribution in [2.45, 2.75) is 38.9 Å². The summed E-state index contributed by atoms with van der Waals surface area (Å²) in [5.41, 5.74) is 5.99. The lowest BCUT2D eigenvalue weighted by molar-refractivity contribution is -0.137. The molecule has 7 nitrogen and oxygen atoms in total. The lowest BCUT2D eigenvalue weighted by Gasteiger charge is -2.20. The molecule has 35 heavy (non-hydrogen) atoms. The molecule has 4 rings (SSSR count). The van der Waals surface area contributed by atoms with Gasteiger partial charge in [-0.2, -0.15) is 13.2 Å². The van der Waals surface area contributed by atoms with Crippen molar-refractivity contribution in [2.24, 2.45) is 5.92 Å². The smallest absolute Gasteiger partial charge is 0.416 e. The van der Waals surface area contributed by atoms with Crippen molar-refractivity contribution in [2.75, 3.05) is 38.0 Å². The Kier molecular flexibility index (Phi) is 7.20. The SMILES string of the molecule is COc1cc2nc(C)nc(NC(C)c3cc(N)cc(C(F)(F)F)c3)c2cc1OCCOCC1CC1. The molecule has 1 fully saturated rings. The molecule has 0 aliphatic heterocycles. The second kappa shape index (κ2) is 10.2. The maximum atomic E-state index is 13.3. The highest BCUT2D eigenvalue weighted by Gasteiger charge is 2.31. The fourth-order valence-corrected chi connectivity index (χ4v) is 3.76. The van der Waals surface area contributed by atoms with Crippen LogP contribution in [0.5, 0.6) is 11.5 Å². The highest BCUT2D eigenvalue weighted by atomic mass is 19.4. The molecule has 10 heteroatoms. The van der Waals surface area contributed by atoms with E-state index in [2.05, 4.69) is 15.3 Å². The number of fused-ring (bicyclic) bond motifs is 1. The highest BCUT2D eigenvalue weighted by Crippen LogP contribution is 2.37. The normalized spacial score (nSPS) is 14.7. The largest absolute Gasteiger partial charge is 0.493 e. The van der Waals surface area contributed by atoms with Crippen LogP contribution < -0.4 is 20.5 Å². The number of nitrogens with zero attached hydrogens (tertiary/aromatic N) is 2. The number of hydrogen-bond acceptors (Lipinski definition) is 7. The van der Waals surface area contributed by atoms with Crippen LogP contribution >= 0.6 is 0 Å². The third-order valence-corrected chi connectivity index (χ3v) is 5.79. The summed E-state index contributed by atoms with van der Waals surface area (Å²) in [6.07, 6.45) is -2.05. The summed E-state index contributed by atoms with van der Waals surface area (Å²) in [5, 5.41) is 3.86. The molecule has 1 unspecified atom stereocenters. The van der Waals surface area contributed by atoms with Gasteiger partial charge in [-0.3, -0.25) is 0 Å². The van der Waals surface area contributed by atoms with Gasteiger partial charge in [0.2, 0.25) is 0 Å². The van der Waals surface area contributed by atoms with Crippen molar-refractivity contribution in [3.63, 3.8) is 0 Å². The second-order valence-electron chi connectivity index (χ2n) is 8.76. The predicted molar refractivity (Wildman–Crippen MR) is 128 cm³/mol. The minimum atomic E-state index is -4.49. The van der Waals surface area contributed by atoms with Crippen LogP contribution in [0.1, 0.15) is 42.8 Å². The fourth-order valence-electron chi connectivity index (χ4n) is 3.76. The molecule has 2 aromatic carbocycles. The maximum absolute atomic E-state index is 13.3. The van der Waals surface area contributed by atoms with E-state index in [0.717, 1.165) is 18.7 Å². The van der Waals surface area contributed by atoms with Gasteiger partial charge in [-0.25, -0.2) is 9.97 Å². The molecular formula is C25H29F3N4O3. The summed E-state index contributed by atoms with van der Waals surface area (Å²) in [7, 11) is 1.55. The van der Waals surface area contributed by atoms with Gasteiger partial charge in [0.1, 0.15) is 18.2 Å². The zero-order valence-corrected chi connectivity index (χ0v) is 19.9. The van der Waals surface area contributed by atoms with E-state index >= 15 is 0 Å². The Hall–Kier alpha value is -3.27. The summed E-state index contributed by atoms with van der Waals surface area (Å²) < 4.78 is 56.8. The van der Waals surface area contributed by atoms with Gasteiger partial charge in [0, 0.05) is 23.7 Å². The number of anilines is 2. The zero-order chi connectivity index (χ0) is 25.2. The summed E-state index contributed by atoms with van der Waals surface area (Å²) in [4.78, 5) is 8.98. The second-order valence-corrected chi connectivity index (χ2v) is 8.76. The number of nitrogen functional groups attached to an aromatic ring is 1. The molecule has 3 aromatic rings. The first-order valence-corrected chi connectivity index (χ1v) is 11.4. The average Bonchev–Trinajstić information content (AvgIpc) is 3.62. The van der Waals surface area contributed by atoms with E-state index in [1.165, 1.54) is 18.9 Å². The van der Waals surface area contributed by atoms with Crippen molar-refractivity contribution in [1.82, 2.24) is 9.97 Å². The molecule has 1 saturated carbocycles. The molecule has 0 spiro atoms. The zero-order valence-electron chi connectivity index (χ0n) is 19.9. The van der Waals surface area contributed by atoms with E-state index in [1.807, 2.05) is 0 Å². The minimum Gasteiger partial charge on any atom is -0.493 e. The number of benzene rings is 2. The first-order chi connectivity index (χ1) is 16.6. The summed E-state index contributed by atoms with van der Waals surface area (Å²) in [6.45, 7) is 5.05. The average molecular weight is 491 g/mol. The Labute approximate surface area is 201 Å². The number of rotatable bonds is 10. The number of nitrogens with two attached hydrogens (primary N) is 1. The topological polar surface area (TPSA) is 91.5 Å². The van der Waals surface area contributed by atoms with Gasteiger partial charge in [-0.15, -0.1) is 0 Å². The number of ether oxygens (including phenoxy) is 3. The van der Waals surface area contributed by atoms with Crippen LogP contribution in [0, 0.1) is 12.8 Å². The van der Waals surface area contributed by atoms with E-state index in [0.29, 0.717) is 58.7 Å². The summed E-state index contributed by atoms with van der Waals surface area (Å²) in [5.74, 6) is 2.66. The number of nitrogens with one attached hydrogen (secondary N) is 1.